The zero-order valence-electron chi connectivity index (χ0n) is 6.89. The minimum absolute atomic E-state index is 0. The largest absolute Gasteiger partial charge is 1.00 e. The number of hydrogen-bond acceptors (Lipinski definition) is 1. The average molecular weight is 132 g/mol. The SMILES string of the molecule is CC([O-])(C1CC1)C1CC1.[Li+]. The first-order valence-electron chi connectivity index (χ1n) is 3.91. The zero-order chi connectivity index (χ0) is 6.48. The number of rotatable bonds is 2. The summed E-state index contributed by atoms with van der Waals surface area (Å²) in [6.07, 6.45) is 4.82. The van der Waals surface area contributed by atoms with Gasteiger partial charge in [0.1, 0.15) is 0 Å². The van der Waals surface area contributed by atoms with Gasteiger partial charge in [0, 0.05) is 0 Å². The van der Waals surface area contributed by atoms with Crippen LogP contribution in [-0.4, -0.2) is 5.60 Å². The molecule has 0 aromatic carbocycles. The van der Waals surface area contributed by atoms with E-state index in [1.54, 1.807) is 0 Å². The Hall–Kier alpha value is 0.557. The summed E-state index contributed by atoms with van der Waals surface area (Å²) in [5.41, 5.74) is -0.528. The van der Waals surface area contributed by atoms with Crippen molar-refractivity contribution in [2.24, 2.45) is 11.8 Å². The van der Waals surface area contributed by atoms with Crippen molar-refractivity contribution in [1.82, 2.24) is 0 Å². The molecule has 0 spiro atoms. The molecule has 0 radical (unpaired) electrons. The molecule has 0 amide bonds. The summed E-state index contributed by atoms with van der Waals surface area (Å²) in [4.78, 5) is 0. The Morgan fingerprint density at radius 1 is 1.10 bits per heavy atom. The van der Waals surface area contributed by atoms with Crippen molar-refractivity contribution in [1.29, 1.82) is 0 Å². The summed E-state index contributed by atoms with van der Waals surface area (Å²) >= 11 is 0. The van der Waals surface area contributed by atoms with Gasteiger partial charge in [0.25, 0.3) is 0 Å². The van der Waals surface area contributed by atoms with E-state index in [9.17, 15) is 5.11 Å². The van der Waals surface area contributed by atoms with Crippen molar-refractivity contribution in [2.45, 2.75) is 38.2 Å². The van der Waals surface area contributed by atoms with Crippen LogP contribution in [0.3, 0.4) is 0 Å². The van der Waals surface area contributed by atoms with Crippen LogP contribution in [0, 0.1) is 11.8 Å². The van der Waals surface area contributed by atoms with Crippen LogP contribution in [0.1, 0.15) is 32.6 Å². The Morgan fingerprint density at radius 3 is 1.60 bits per heavy atom. The van der Waals surface area contributed by atoms with Gasteiger partial charge in [-0.05, 0) is 0 Å². The molecule has 0 aromatic rings. The van der Waals surface area contributed by atoms with Crippen molar-refractivity contribution >= 4 is 0 Å². The molecule has 0 bridgehead atoms. The average Bonchev–Trinajstić information content (AvgIpc) is 2.62. The molecule has 0 aromatic heterocycles. The van der Waals surface area contributed by atoms with E-state index in [2.05, 4.69) is 0 Å². The van der Waals surface area contributed by atoms with Crippen molar-refractivity contribution in [3.8, 4) is 0 Å². The Morgan fingerprint density at radius 2 is 1.40 bits per heavy atom. The first-order chi connectivity index (χ1) is 4.21. The van der Waals surface area contributed by atoms with Gasteiger partial charge in [-0.25, -0.2) is 0 Å². The van der Waals surface area contributed by atoms with E-state index in [-0.39, 0.29) is 18.9 Å². The third-order valence-corrected chi connectivity index (χ3v) is 2.78. The fraction of sp³-hybridized carbons (Fsp3) is 1.00. The number of hydrogen-bond donors (Lipinski definition) is 0. The fourth-order valence-corrected chi connectivity index (χ4v) is 1.65. The van der Waals surface area contributed by atoms with Crippen molar-refractivity contribution < 1.29 is 24.0 Å². The van der Waals surface area contributed by atoms with Crippen LogP contribution in [-0.2, 0) is 0 Å². The van der Waals surface area contributed by atoms with Crippen LogP contribution >= 0.6 is 0 Å². The Balaban J connectivity index is 0.000000500. The van der Waals surface area contributed by atoms with Crippen LogP contribution in [0.15, 0.2) is 0 Å². The van der Waals surface area contributed by atoms with E-state index < -0.39 is 5.60 Å². The van der Waals surface area contributed by atoms with Gasteiger partial charge in [0.15, 0.2) is 0 Å². The quantitative estimate of drug-likeness (QED) is 0.396. The summed E-state index contributed by atoms with van der Waals surface area (Å²) < 4.78 is 0. The minimum atomic E-state index is -0.528. The van der Waals surface area contributed by atoms with Crippen LogP contribution in [0.25, 0.3) is 0 Å². The molecule has 2 aliphatic carbocycles. The Bertz CT molecular complexity index is 111. The van der Waals surface area contributed by atoms with Crippen LogP contribution in [0.5, 0.6) is 0 Å². The third-order valence-electron chi connectivity index (χ3n) is 2.78. The molecular weight excluding hydrogens is 119 g/mol. The predicted molar refractivity (Wildman–Crippen MR) is 33.9 cm³/mol. The standard InChI is InChI=1S/C8H13O.Li/c1-8(9,6-2-3-6)7-4-5-7;/h6-7H,2-5H2,1H3;/q-1;+1. The molecule has 2 saturated carbocycles. The van der Waals surface area contributed by atoms with E-state index in [0.717, 1.165) is 0 Å². The molecule has 0 saturated heterocycles. The second-order valence-electron chi connectivity index (χ2n) is 3.73. The van der Waals surface area contributed by atoms with E-state index in [0.29, 0.717) is 11.8 Å². The maximum absolute atomic E-state index is 11.6. The molecule has 0 unspecified atom stereocenters. The predicted octanol–water partition coefficient (Wildman–Crippen LogP) is -2.07. The van der Waals surface area contributed by atoms with Gasteiger partial charge in [-0.1, -0.05) is 44.4 Å². The minimum Gasteiger partial charge on any atom is -0.849 e. The van der Waals surface area contributed by atoms with Gasteiger partial charge < -0.3 is 5.11 Å². The first-order valence-corrected chi connectivity index (χ1v) is 3.91. The van der Waals surface area contributed by atoms with Gasteiger partial charge in [0.05, 0.1) is 0 Å². The normalized spacial score (nSPS) is 25.8. The summed E-state index contributed by atoms with van der Waals surface area (Å²) in [5, 5.41) is 11.6. The first kappa shape index (κ1) is 8.65. The topological polar surface area (TPSA) is 23.1 Å². The van der Waals surface area contributed by atoms with E-state index in [1.807, 2.05) is 6.92 Å². The molecule has 10 heavy (non-hydrogen) atoms. The third kappa shape index (κ3) is 1.42. The van der Waals surface area contributed by atoms with E-state index >= 15 is 0 Å². The molecular formula is C8H13LiO. The second-order valence-corrected chi connectivity index (χ2v) is 3.73. The zero-order valence-corrected chi connectivity index (χ0v) is 6.89. The van der Waals surface area contributed by atoms with Gasteiger partial charge >= 0.3 is 18.9 Å². The molecule has 2 heteroatoms. The summed E-state index contributed by atoms with van der Waals surface area (Å²) in [5.74, 6) is 1.09. The van der Waals surface area contributed by atoms with Crippen LogP contribution in [0.4, 0.5) is 0 Å². The molecule has 0 atom stereocenters. The molecule has 0 aliphatic heterocycles. The maximum Gasteiger partial charge on any atom is 1.00 e. The van der Waals surface area contributed by atoms with Crippen LogP contribution in [0.2, 0.25) is 0 Å². The van der Waals surface area contributed by atoms with Gasteiger partial charge in [-0.2, -0.15) is 0 Å². The summed E-state index contributed by atoms with van der Waals surface area (Å²) in [7, 11) is 0. The van der Waals surface area contributed by atoms with E-state index in [1.165, 1.54) is 25.7 Å². The molecule has 1 nitrogen and oxygen atoms in total. The molecule has 0 N–H and O–H groups in total. The fourth-order valence-electron chi connectivity index (χ4n) is 1.65. The summed E-state index contributed by atoms with van der Waals surface area (Å²) in [6, 6.07) is 0. The maximum atomic E-state index is 11.6. The smallest absolute Gasteiger partial charge is 0.849 e. The molecule has 2 aliphatic rings. The van der Waals surface area contributed by atoms with E-state index in [4.69, 9.17) is 0 Å². The van der Waals surface area contributed by atoms with Gasteiger partial charge in [-0.3, -0.25) is 0 Å². The van der Waals surface area contributed by atoms with Crippen molar-refractivity contribution in [2.75, 3.05) is 0 Å². The van der Waals surface area contributed by atoms with Gasteiger partial charge in [0.2, 0.25) is 0 Å². The van der Waals surface area contributed by atoms with Crippen LogP contribution < -0.4 is 24.0 Å². The molecule has 2 rings (SSSR count). The van der Waals surface area contributed by atoms with Crippen molar-refractivity contribution in [3.63, 3.8) is 0 Å². The summed E-state index contributed by atoms with van der Waals surface area (Å²) in [6.45, 7) is 1.91. The molecule has 2 fully saturated rings. The Kier molecular flexibility index (Phi) is 2.21. The Labute approximate surface area is 74.4 Å². The molecule has 52 valence electrons. The van der Waals surface area contributed by atoms with Crippen molar-refractivity contribution in [3.05, 3.63) is 0 Å². The molecule has 0 heterocycles. The monoisotopic (exact) mass is 132 g/mol. The van der Waals surface area contributed by atoms with Gasteiger partial charge in [-0.15, -0.1) is 5.60 Å². The second kappa shape index (κ2) is 2.55.